The van der Waals surface area contributed by atoms with Gasteiger partial charge in [0.05, 0.1) is 36.1 Å². The lowest BCUT2D eigenvalue weighted by molar-refractivity contribution is -0.0492. The summed E-state index contributed by atoms with van der Waals surface area (Å²) < 4.78 is 10.6. The average molecular weight is 415 g/mol. The first-order valence-electron chi connectivity index (χ1n) is 9.32. The number of pyridine rings is 1. The number of ether oxygens (including phenoxy) is 2. The standard InChI is InChI=1S/C21H29N5O4/c1-20(2,30-5)21(3,13-9-7-6-8-10-13)26-19(28)25-16-11-14(22)17(18(23)29-4)15(12-27)24-16/h6-11,23,27H,12H2,1-5H3,(H4,22,24,25,26,28). The zero-order chi connectivity index (χ0) is 22.5. The normalized spacial score (nSPS) is 13.3. The second kappa shape index (κ2) is 9.10. The molecule has 1 atom stereocenters. The molecule has 0 aliphatic carbocycles. The molecule has 0 aliphatic heterocycles. The van der Waals surface area contributed by atoms with E-state index in [0.717, 1.165) is 5.56 Å². The van der Waals surface area contributed by atoms with Crippen LogP contribution in [0.3, 0.4) is 0 Å². The smallest absolute Gasteiger partial charge is 0.321 e. The number of hydrogen-bond acceptors (Lipinski definition) is 7. The van der Waals surface area contributed by atoms with Gasteiger partial charge in [0.1, 0.15) is 5.82 Å². The second-order valence-electron chi connectivity index (χ2n) is 7.39. The Morgan fingerprint density at radius 2 is 1.87 bits per heavy atom. The van der Waals surface area contributed by atoms with Gasteiger partial charge in [0.2, 0.25) is 5.90 Å². The maximum atomic E-state index is 12.9. The quantitative estimate of drug-likeness (QED) is 0.347. The zero-order valence-electron chi connectivity index (χ0n) is 17.9. The molecule has 0 saturated carbocycles. The van der Waals surface area contributed by atoms with Crippen LogP contribution >= 0.6 is 0 Å². The van der Waals surface area contributed by atoms with E-state index < -0.39 is 23.8 Å². The summed E-state index contributed by atoms with van der Waals surface area (Å²) in [4.78, 5) is 17.1. The number of aliphatic hydroxyl groups excluding tert-OH is 1. The Balaban J connectivity index is 2.35. The van der Waals surface area contributed by atoms with Crippen LogP contribution in [-0.4, -0.2) is 41.8 Å². The third-order valence-electron chi connectivity index (χ3n) is 5.38. The molecule has 0 spiro atoms. The van der Waals surface area contributed by atoms with Crippen molar-refractivity contribution in [2.45, 2.75) is 38.5 Å². The number of carbonyl (C=O) groups is 1. The maximum absolute atomic E-state index is 12.9. The van der Waals surface area contributed by atoms with Crippen molar-refractivity contribution in [1.29, 1.82) is 5.41 Å². The fraction of sp³-hybridized carbons (Fsp3) is 0.381. The fourth-order valence-corrected chi connectivity index (χ4v) is 3.08. The van der Waals surface area contributed by atoms with E-state index in [2.05, 4.69) is 15.6 Å². The van der Waals surface area contributed by atoms with E-state index in [1.54, 1.807) is 7.11 Å². The van der Waals surface area contributed by atoms with E-state index in [0.29, 0.717) is 0 Å². The SMILES string of the molecule is COC(=N)c1c(N)cc(NC(=O)NC(C)(c2ccccc2)C(C)(C)OC)nc1CO. The van der Waals surface area contributed by atoms with E-state index in [4.69, 9.17) is 20.6 Å². The van der Waals surface area contributed by atoms with Crippen LogP contribution in [0.1, 0.15) is 37.6 Å². The highest BCUT2D eigenvalue weighted by Crippen LogP contribution is 2.35. The molecule has 1 unspecified atom stereocenters. The van der Waals surface area contributed by atoms with Gasteiger partial charge in [-0.1, -0.05) is 30.3 Å². The minimum atomic E-state index is -0.878. The molecule has 9 heteroatoms. The molecule has 2 amide bonds. The third-order valence-corrected chi connectivity index (χ3v) is 5.38. The number of benzene rings is 1. The summed E-state index contributed by atoms with van der Waals surface area (Å²) in [5.41, 5.74) is 5.69. The monoisotopic (exact) mass is 415 g/mol. The van der Waals surface area contributed by atoms with Crippen LogP contribution in [0, 0.1) is 5.41 Å². The minimum absolute atomic E-state index is 0.125. The number of amides is 2. The summed E-state index contributed by atoms with van der Waals surface area (Å²) in [7, 11) is 2.91. The number of nitrogens with two attached hydrogens (primary N) is 1. The largest absolute Gasteiger partial charge is 0.481 e. The number of methoxy groups -OCH3 is 2. The molecule has 0 saturated heterocycles. The van der Waals surface area contributed by atoms with Gasteiger partial charge in [-0.25, -0.2) is 9.78 Å². The van der Waals surface area contributed by atoms with Crippen molar-refractivity contribution >= 4 is 23.4 Å². The number of hydrogen-bond donors (Lipinski definition) is 5. The first-order valence-corrected chi connectivity index (χ1v) is 9.32. The minimum Gasteiger partial charge on any atom is -0.481 e. The van der Waals surface area contributed by atoms with Crippen molar-refractivity contribution in [3.63, 3.8) is 0 Å². The molecule has 1 aromatic heterocycles. The van der Waals surface area contributed by atoms with Crippen molar-refractivity contribution in [2.24, 2.45) is 0 Å². The maximum Gasteiger partial charge on any atom is 0.321 e. The molecule has 2 rings (SSSR count). The van der Waals surface area contributed by atoms with Crippen LogP contribution in [0.4, 0.5) is 16.3 Å². The van der Waals surface area contributed by atoms with Crippen LogP contribution < -0.4 is 16.4 Å². The van der Waals surface area contributed by atoms with Crippen molar-refractivity contribution < 1.29 is 19.4 Å². The summed E-state index contributed by atoms with van der Waals surface area (Å²) in [5, 5.41) is 23.0. The topological polar surface area (TPSA) is 143 Å². The van der Waals surface area contributed by atoms with Crippen molar-refractivity contribution in [3.8, 4) is 0 Å². The molecule has 0 fully saturated rings. The average Bonchev–Trinajstić information content (AvgIpc) is 2.72. The van der Waals surface area contributed by atoms with Gasteiger partial charge in [-0.05, 0) is 26.3 Å². The van der Waals surface area contributed by atoms with Crippen molar-refractivity contribution in [1.82, 2.24) is 10.3 Å². The Bertz CT molecular complexity index is 917. The lowest BCUT2D eigenvalue weighted by Gasteiger charge is -2.44. The predicted molar refractivity (Wildman–Crippen MR) is 115 cm³/mol. The summed E-state index contributed by atoms with van der Waals surface area (Å²) in [6, 6.07) is 10.4. The number of nitrogens with zero attached hydrogens (tertiary/aromatic N) is 1. The molecule has 0 aliphatic rings. The molecule has 6 N–H and O–H groups in total. The number of anilines is 2. The molecular formula is C21H29N5O4. The first-order chi connectivity index (χ1) is 14.1. The highest BCUT2D eigenvalue weighted by molar-refractivity contribution is 5.99. The Morgan fingerprint density at radius 3 is 2.40 bits per heavy atom. The van der Waals surface area contributed by atoms with Gasteiger partial charge in [-0.3, -0.25) is 10.7 Å². The molecular weight excluding hydrogens is 386 g/mol. The summed E-state index contributed by atoms with van der Waals surface area (Å²) in [6.07, 6.45) is 0. The number of nitrogens with one attached hydrogen (secondary N) is 3. The van der Waals surface area contributed by atoms with Crippen LogP contribution in [0.2, 0.25) is 0 Å². The van der Waals surface area contributed by atoms with Gasteiger partial charge >= 0.3 is 6.03 Å². The number of nitrogen functional groups attached to an aromatic ring is 1. The van der Waals surface area contributed by atoms with E-state index in [1.807, 2.05) is 51.1 Å². The van der Waals surface area contributed by atoms with E-state index in [1.165, 1.54) is 13.2 Å². The highest BCUT2D eigenvalue weighted by atomic mass is 16.5. The molecule has 0 bridgehead atoms. The molecule has 30 heavy (non-hydrogen) atoms. The van der Waals surface area contributed by atoms with Gasteiger partial charge in [0.25, 0.3) is 0 Å². The zero-order valence-corrected chi connectivity index (χ0v) is 17.9. The van der Waals surface area contributed by atoms with Crippen LogP contribution in [0.15, 0.2) is 36.4 Å². The Labute approximate surface area is 176 Å². The van der Waals surface area contributed by atoms with Gasteiger partial charge in [0.15, 0.2) is 0 Å². The fourth-order valence-electron chi connectivity index (χ4n) is 3.08. The number of rotatable bonds is 7. The van der Waals surface area contributed by atoms with E-state index in [-0.39, 0.29) is 28.7 Å². The Hall–Kier alpha value is -3.17. The molecule has 0 radical (unpaired) electrons. The van der Waals surface area contributed by atoms with Gasteiger partial charge < -0.3 is 25.6 Å². The second-order valence-corrected chi connectivity index (χ2v) is 7.39. The Morgan fingerprint density at radius 1 is 1.23 bits per heavy atom. The first kappa shape index (κ1) is 23.1. The number of carbonyl (C=O) groups excluding carboxylic acids is 1. The lowest BCUT2D eigenvalue weighted by atomic mass is 9.78. The van der Waals surface area contributed by atoms with Crippen LogP contribution in [-0.2, 0) is 21.6 Å². The molecule has 1 heterocycles. The molecule has 9 nitrogen and oxygen atoms in total. The van der Waals surface area contributed by atoms with E-state index >= 15 is 0 Å². The lowest BCUT2D eigenvalue weighted by Crippen LogP contribution is -2.59. The van der Waals surface area contributed by atoms with Crippen LogP contribution in [0.5, 0.6) is 0 Å². The van der Waals surface area contributed by atoms with E-state index in [9.17, 15) is 9.90 Å². The van der Waals surface area contributed by atoms with Gasteiger partial charge in [-0.15, -0.1) is 0 Å². The number of aromatic nitrogens is 1. The predicted octanol–water partition coefficient (Wildman–Crippen LogP) is 2.59. The number of urea groups is 1. The third kappa shape index (κ3) is 4.52. The molecule has 1 aromatic carbocycles. The molecule has 2 aromatic rings. The number of aliphatic hydroxyl groups is 1. The Kier molecular flexibility index (Phi) is 7.01. The molecule has 162 valence electrons. The van der Waals surface area contributed by atoms with Gasteiger partial charge in [0, 0.05) is 18.9 Å². The van der Waals surface area contributed by atoms with Gasteiger partial charge in [-0.2, -0.15) is 0 Å². The summed E-state index contributed by atoms with van der Waals surface area (Å²) in [6.45, 7) is 5.16. The van der Waals surface area contributed by atoms with Crippen molar-refractivity contribution in [3.05, 3.63) is 53.2 Å². The summed E-state index contributed by atoms with van der Waals surface area (Å²) >= 11 is 0. The van der Waals surface area contributed by atoms with Crippen molar-refractivity contribution in [2.75, 3.05) is 25.3 Å². The van der Waals surface area contributed by atoms with Crippen LogP contribution in [0.25, 0.3) is 0 Å². The summed E-state index contributed by atoms with van der Waals surface area (Å²) in [5.74, 6) is -0.0918. The highest BCUT2D eigenvalue weighted by Gasteiger charge is 2.44.